The van der Waals surface area contributed by atoms with E-state index in [2.05, 4.69) is 80.1 Å². The van der Waals surface area contributed by atoms with E-state index >= 15 is 0 Å². The number of hydrogen-bond acceptors (Lipinski definition) is 9. The highest BCUT2D eigenvalue weighted by Gasteiger charge is 2.34. The molecule has 14 nitrogen and oxygen atoms in total. The zero-order valence-corrected chi connectivity index (χ0v) is 42.3. The quantitative estimate of drug-likeness (QED) is 0.0636. The Labute approximate surface area is 417 Å². The standard InChI is InChI=1S/C57H70N8O6/c1-37-14-18-42(59-43-35-64(36-43)56(70)71-57(3,4)5)33-48(37)53(67)58-38(2)45-20-17-41(46-12-7-8-13-47(45)46)16-15-40-24-29-62(30-25-40)28-10-9-11-39-26-31-63(32-27-39)44-19-21-49-51(34-44)61(6)55(69)65(49)50-22-23-52(66)60-54(50)68/h7-8,12-14,17-21,33-34,38-40,43,50,59H,9-11,22-32,35-36H2,1-6H3,(H,58,67)(H,60,66,68)/t38-,50?/m1/s1. The number of unbranched alkanes of at least 4 members (excludes halogenated alkanes) is 1. The number of anilines is 2. The average Bonchev–Trinajstić information content (AvgIpc) is 3.58. The number of hydrogen-bond donors (Lipinski definition) is 3. The molecule has 4 aliphatic heterocycles. The maximum atomic E-state index is 13.8. The van der Waals surface area contributed by atoms with Crippen molar-refractivity contribution in [2.45, 2.75) is 116 Å². The minimum atomic E-state index is -0.678. The van der Waals surface area contributed by atoms with E-state index < -0.39 is 17.6 Å². The van der Waals surface area contributed by atoms with Crippen LogP contribution in [0.25, 0.3) is 21.8 Å². The molecule has 14 heteroatoms. The van der Waals surface area contributed by atoms with Gasteiger partial charge in [0.2, 0.25) is 11.8 Å². The topological polar surface area (TPSA) is 150 Å². The average molecular weight is 963 g/mol. The number of fused-ring (bicyclic) bond motifs is 2. The molecule has 4 aromatic carbocycles. The third-order valence-electron chi connectivity index (χ3n) is 15.1. The van der Waals surface area contributed by atoms with Crippen LogP contribution in [0, 0.1) is 30.6 Å². The van der Waals surface area contributed by atoms with Gasteiger partial charge in [0, 0.05) is 68.1 Å². The lowest BCUT2D eigenvalue weighted by Crippen LogP contribution is -2.57. The van der Waals surface area contributed by atoms with Crippen LogP contribution in [-0.4, -0.2) is 100 Å². The minimum absolute atomic E-state index is 0.0840. The molecule has 4 amide bonds. The Morgan fingerprint density at radius 3 is 2.34 bits per heavy atom. The molecule has 5 heterocycles. The predicted octanol–water partition coefficient (Wildman–Crippen LogP) is 8.45. The van der Waals surface area contributed by atoms with E-state index in [0.717, 1.165) is 114 Å². The van der Waals surface area contributed by atoms with E-state index in [4.69, 9.17) is 4.74 Å². The number of imidazole rings is 1. The zero-order valence-electron chi connectivity index (χ0n) is 42.3. The number of benzene rings is 4. The summed E-state index contributed by atoms with van der Waals surface area (Å²) < 4.78 is 8.65. The van der Waals surface area contributed by atoms with E-state index in [1.54, 1.807) is 21.1 Å². The molecule has 5 aromatic rings. The van der Waals surface area contributed by atoms with Gasteiger partial charge in [-0.15, -0.1) is 0 Å². The Balaban J connectivity index is 0.710. The fraction of sp³-hybridized carbons (Fsp3) is 0.491. The molecule has 0 spiro atoms. The third kappa shape index (κ3) is 11.3. The minimum Gasteiger partial charge on any atom is -0.444 e. The van der Waals surface area contributed by atoms with Gasteiger partial charge in [0.05, 0.1) is 23.1 Å². The van der Waals surface area contributed by atoms with Gasteiger partial charge in [-0.05, 0) is 157 Å². The van der Waals surface area contributed by atoms with Gasteiger partial charge >= 0.3 is 11.8 Å². The van der Waals surface area contributed by atoms with Gasteiger partial charge in [-0.25, -0.2) is 9.59 Å². The summed E-state index contributed by atoms with van der Waals surface area (Å²) in [6.07, 6.45) is 8.41. The van der Waals surface area contributed by atoms with E-state index in [-0.39, 0.29) is 42.1 Å². The van der Waals surface area contributed by atoms with Gasteiger partial charge in [0.15, 0.2) is 0 Å². The molecule has 71 heavy (non-hydrogen) atoms. The van der Waals surface area contributed by atoms with Crippen molar-refractivity contribution in [3.05, 3.63) is 106 Å². The molecule has 9 rings (SSSR count). The first kappa shape index (κ1) is 49.4. The van der Waals surface area contributed by atoms with Crippen LogP contribution in [0.15, 0.2) is 77.6 Å². The van der Waals surface area contributed by atoms with Crippen molar-refractivity contribution >= 4 is 57.0 Å². The van der Waals surface area contributed by atoms with Crippen LogP contribution in [0.5, 0.6) is 0 Å². The number of aromatic nitrogens is 2. The number of rotatable bonds is 12. The summed E-state index contributed by atoms with van der Waals surface area (Å²) in [6, 6.07) is 23.7. The molecule has 0 radical (unpaired) electrons. The van der Waals surface area contributed by atoms with Crippen molar-refractivity contribution in [2.24, 2.45) is 18.9 Å². The summed E-state index contributed by atoms with van der Waals surface area (Å²) in [6.45, 7) is 15.9. The molecule has 1 unspecified atom stereocenters. The van der Waals surface area contributed by atoms with Crippen LogP contribution in [0.4, 0.5) is 16.2 Å². The lowest BCUT2D eigenvalue weighted by atomic mass is 9.91. The lowest BCUT2D eigenvalue weighted by molar-refractivity contribution is -0.135. The van der Waals surface area contributed by atoms with Gasteiger partial charge in [0.1, 0.15) is 11.6 Å². The van der Waals surface area contributed by atoms with Crippen LogP contribution in [0.1, 0.15) is 125 Å². The number of amides is 4. The molecule has 0 saturated carbocycles. The molecule has 1 aromatic heterocycles. The highest BCUT2D eigenvalue weighted by molar-refractivity contribution is 6.00. The molecule has 4 saturated heterocycles. The van der Waals surface area contributed by atoms with E-state index in [0.29, 0.717) is 31.0 Å². The Morgan fingerprint density at radius 2 is 1.61 bits per heavy atom. The lowest BCUT2D eigenvalue weighted by Gasteiger charge is -2.40. The third-order valence-corrected chi connectivity index (χ3v) is 15.1. The number of carbonyl (C=O) groups is 4. The molecule has 0 aliphatic carbocycles. The Morgan fingerprint density at radius 1 is 0.859 bits per heavy atom. The van der Waals surface area contributed by atoms with Gasteiger partial charge in [-0.2, -0.15) is 0 Å². The van der Waals surface area contributed by atoms with E-state index in [1.165, 1.54) is 19.3 Å². The molecule has 2 atom stereocenters. The maximum Gasteiger partial charge on any atom is 0.410 e. The van der Waals surface area contributed by atoms with Gasteiger partial charge in [-0.1, -0.05) is 61.1 Å². The maximum absolute atomic E-state index is 13.8. The first-order valence-corrected chi connectivity index (χ1v) is 25.8. The first-order valence-electron chi connectivity index (χ1n) is 25.8. The van der Waals surface area contributed by atoms with E-state index in [1.807, 2.05) is 65.0 Å². The van der Waals surface area contributed by atoms with Crippen molar-refractivity contribution in [1.82, 2.24) is 29.6 Å². The second kappa shape index (κ2) is 21.0. The van der Waals surface area contributed by atoms with Gasteiger partial charge < -0.3 is 30.1 Å². The number of aryl methyl sites for hydroxylation is 2. The summed E-state index contributed by atoms with van der Waals surface area (Å²) in [4.78, 5) is 70.5. The van der Waals surface area contributed by atoms with Crippen molar-refractivity contribution in [1.29, 1.82) is 0 Å². The van der Waals surface area contributed by atoms with Crippen LogP contribution in [0.2, 0.25) is 0 Å². The second-order valence-corrected chi connectivity index (χ2v) is 21.4. The van der Waals surface area contributed by atoms with Crippen molar-refractivity contribution in [3.8, 4) is 11.8 Å². The largest absolute Gasteiger partial charge is 0.444 e. The first-order chi connectivity index (χ1) is 34.1. The predicted molar refractivity (Wildman–Crippen MR) is 280 cm³/mol. The van der Waals surface area contributed by atoms with Crippen molar-refractivity contribution in [3.63, 3.8) is 0 Å². The number of likely N-dealkylation sites (tertiary alicyclic amines) is 2. The Hall–Kier alpha value is -6.59. The molecule has 4 fully saturated rings. The fourth-order valence-corrected chi connectivity index (χ4v) is 10.9. The smallest absolute Gasteiger partial charge is 0.410 e. The molecule has 0 bridgehead atoms. The van der Waals surface area contributed by atoms with E-state index in [9.17, 15) is 24.0 Å². The summed E-state index contributed by atoms with van der Waals surface area (Å²) in [5.74, 6) is 7.45. The number of imide groups is 1. The highest BCUT2D eigenvalue weighted by atomic mass is 16.6. The molecular formula is C57H70N8O6. The second-order valence-electron chi connectivity index (χ2n) is 21.4. The molecule has 4 aliphatic rings. The van der Waals surface area contributed by atoms with Crippen LogP contribution < -0.4 is 26.5 Å². The normalized spacial score (nSPS) is 19.0. The van der Waals surface area contributed by atoms with Gasteiger partial charge in [0.25, 0.3) is 5.91 Å². The van der Waals surface area contributed by atoms with Crippen LogP contribution >= 0.6 is 0 Å². The van der Waals surface area contributed by atoms with Crippen molar-refractivity contribution < 1.29 is 23.9 Å². The number of nitrogens with zero attached hydrogens (tertiary/aromatic N) is 5. The monoisotopic (exact) mass is 963 g/mol. The zero-order chi connectivity index (χ0) is 50.0. The number of carbonyl (C=O) groups excluding carboxylic acids is 4. The van der Waals surface area contributed by atoms with Crippen molar-refractivity contribution in [2.75, 3.05) is 56.0 Å². The summed E-state index contributed by atoms with van der Waals surface area (Å²) in [7, 11) is 1.75. The van der Waals surface area contributed by atoms with Gasteiger partial charge in [-0.3, -0.25) is 28.8 Å². The number of ether oxygens (including phenoxy) is 1. The molecule has 3 N–H and O–H groups in total. The summed E-state index contributed by atoms with van der Waals surface area (Å²) >= 11 is 0. The van der Waals surface area contributed by atoms with Crippen LogP contribution in [-0.2, 0) is 21.4 Å². The number of nitrogens with one attached hydrogen (secondary N) is 3. The fourth-order valence-electron chi connectivity index (χ4n) is 10.9. The molecular weight excluding hydrogens is 893 g/mol. The SMILES string of the molecule is Cc1ccc(NC2CN(C(=O)OC(C)(C)C)C2)cc1C(=O)N[C@H](C)c1ccc(C#CC2CCN(CCCCC3CCN(c4ccc5c(c4)n(C)c(=O)n5C4CCC(=O)NC4=O)CC3)CC2)c2ccccc12. The number of piperidine rings is 3. The highest BCUT2D eigenvalue weighted by Crippen LogP contribution is 2.32. The Bertz CT molecular complexity index is 2930. The summed E-state index contributed by atoms with van der Waals surface area (Å²) in [5, 5.41) is 11.3. The Kier molecular flexibility index (Phi) is 14.6. The summed E-state index contributed by atoms with van der Waals surface area (Å²) in [5.41, 5.74) is 6.26. The molecule has 374 valence electrons. The van der Waals surface area contributed by atoms with Crippen LogP contribution in [0.3, 0.4) is 0 Å².